The molecule has 1 saturated carbocycles. The van der Waals surface area contributed by atoms with E-state index in [4.69, 9.17) is 9.52 Å². The standard InChI is InChI=1S/C12H15NO4/c1-6-3-7(2)17-10(6)11(14)13-9-4-8(5-9)12(15)16/h3,8-9H,4-5H2,1-2H3,(H,13,14)(H,15,16). The lowest BCUT2D eigenvalue weighted by Gasteiger charge is -2.32. The van der Waals surface area contributed by atoms with Crippen LogP contribution in [0.5, 0.6) is 0 Å². The number of hydrogen-bond donors (Lipinski definition) is 2. The van der Waals surface area contributed by atoms with Crippen molar-refractivity contribution in [1.29, 1.82) is 0 Å². The fraction of sp³-hybridized carbons (Fsp3) is 0.500. The predicted molar refractivity (Wildman–Crippen MR) is 59.8 cm³/mol. The van der Waals surface area contributed by atoms with Gasteiger partial charge >= 0.3 is 5.97 Å². The summed E-state index contributed by atoms with van der Waals surface area (Å²) in [5, 5.41) is 11.5. The summed E-state index contributed by atoms with van der Waals surface area (Å²) in [4.78, 5) is 22.4. The van der Waals surface area contributed by atoms with E-state index in [0.717, 1.165) is 5.56 Å². The zero-order chi connectivity index (χ0) is 12.6. The van der Waals surface area contributed by atoms with E-state index in [1.165, 1.54) is 0 Å². The first-order valence-electron chi connectivity index (χ1n) is 5.58. The number of nitrogens with one attached hydrogen (secondary N) is 1. The molecular weight excluding hydrogens is 222 g/mol. The van der Waals surface area contributed by atoms with E-state index in [-0.39, 0.29) is 17.9 Å². The van der Waals surface area contributed by atoms with Crippen LogP contribution >= 0.6 is 0 Å². The highest BCUT2D eigenvalue weighted by Gasteiger charge is 2.35. The van der Waals surface area contributed by atoms with Crippen molar-refractivity contribution in [3.63, 3.8) is 0 Å². The molecule has 0 spiro atoms. The second-order valence-corrected chi connectivity index (χ2v) is 4.55. The molecule has 0 aromatic carbocycles. The molecule has 2 N–H and O–H groups in total. The molecule has 0 bridgehead atoms. The maximum absolute atomic E-state index is 11.8. The first-order valence-corrected chi connectivity index (χ1v) is 5.58. The lowest BCUT2D eigenvalue weighted by Crippen LogP contribution is -2.46. The van der Waals surface area contributed by atoms with Crippen molar-refractivity contribution in [2.45, 2.75) is 32.7 Å². The molecule has 5 nitrogen and oxygen atoms in total. The quantitative estimate of drug-likeness (QED) is 0.834. The number of furan rings is 1. The van der Waals surface area contributed by atoms with Crippen LogP contribution in [0.2, 0.25) is 0 Å². The minimum atomic E-state index is -0.791. The number of carbonyl (C=O) groups is 2. The van der Waals surface area contributed by atoms with Gasteiger partial charge in [-0.3, -0.25) is 9.59 Å². The number of carbonyl (C=O) groups excluding carboxylic acids is 1. The lowest BCUT2D eigenvalue weighted by molar-refractivity contribution is -0.145. The SMILES string of the molecule is Cc1cc(C)c(C(=O)NC2CC(C(=O)O)C2)o1. The van der Waals surface area contributed by atoms with Gasteiger partial charge in [0.2, 0.25) is 0 Å². The number of aliphatic carboxylic acids is 1. The van der Waals surface area contributed by atoms with E-state index >= 15 is 0 Å². The highest BCUT2D eigenvalue weighted by molar-refractivity contribution is 5.93. The average Bonchev–Trinajstić information content (AvgIpc) is 2.49. The molecule has 0 radical (unpaired) electrons. The largest absolute Gasteiger partial charge is 0.481 e. The van der Waals surface area contributed by atoms with Crippen LogP contribution in [0.1, 0.15) is 34.7 Å². The van der Waals surface area contributed by atoms with Crippen LogP contribution in [-0.2, 0) is 4.79 Å². The molecule has 17 heavy (non-hydrogen) atoms. The summed E-state index contributed by atoms with van der Waals surface area (Å²) < 4.78 is 5.29. The van der Waals surface area contributed by atoms with Gasteiger partial charge in [0.1, 0.15) is 5.76 Å². The Bertz CT molecular complexity index is 457. The predicted octanol–water partition coefficient (Wildman–Crippen LogP) is 1.49. The number of carboxylic acid groups (broad SMARTS) is 1. The summed E-state index contributed by atoms with van der Waals surface area (Å²) in [5.41, 5.74) is 0.800. The molecular formula is C12H15NO4. The first-order chi connectivity index (χ1) is 7.97. The number of amides is 1. The van der Waals surface area contributed by atoms with Gasteiger partial charge in [0, 0.05) is 11.6 Å². The Morgan fingerprint density at radius 1 is 1.41 bits per heavy atom. The van der Waals surface area contributed by atoms with E-state index in [9.17, 15) is 9.59 Å². The van der Waals surface area contributed by atoms with Crippen molar-refractivity contribution >= 4 is 11.9 Å². The Morgan fingerprint density at radius 3 is 2.53 bits per heavy atom. The monoisotopic (exact) mass is 237 g/mol. The molecule has 1 aromatic heterocycles. The van der Waals surface area contributed by atoms with Gasteiger partial charge in [-0.15, -0.1) is 0 Å². The van der Waals surface area contributed by atoms with Gasteiger partial charge in [-0.25, -0.2) is 0 Å². The smallest absolute Gasteiger partial charge is 0.306 e. The maximum Gasteiger partial charge on any atom is 0.306 e. The molecule has 0 unspecified atom stereocenters. The van der Waals surface area contributed by atoms with Gasteiger partial charge in [0.05, 0.1) is 5.92 Å². The Labute approximate surface area is 98.8 Å². The van der Waals surface area contributed by atoms with E-state index < -0.39 is 5.97 Å². The average molecular weight is 237 g/mol. The third kappa shape index (κ3) is 2.33. The van der Waals surface area contributed by atoms with Crippen molar-refractivity contribution < 1.29 is 19.1 Å². The Kier molecular flexibility index (Phi) is 2.92. The lowest BCUT2D eigenvalue weighted by atomic mass is 9.80. The van der Waals surface area contributed by atoms with Gasteiger partial charge in [-0.05, 0) is 32.8 Å². The number of carboxylic acids is 1. The van der Waals surface area contributed by atoms with Gasteiger partial charge in [0.15, 0.2) is 5.76 Å². The Morgan fingerprint density at radius 2 is 2.06 bits per heavy atom. The molecule has 1 aliphatic carbocycles. The van der Waals surface area contributed by atoms with E-state index in [1.54, 1.807) is 13.0 Å². The summed E-state index contributed by atoms with van der Waals surface area (Å²) >= 11 is 0. The molecule has 1 fully saturated rings. The summed E-state index contributed by atoms with van der Waals surface area (Å²) in [6, 6.07) is 1.75. The van der Waals surface area contributed by atoms with Gasteiger partial charge in [-0.1, -0.05) is 0 Å². The molecule has 1 amide bonds. The summed E-state index contributed by atoms with van der Waals surface area (Å²) in [6.07, 6.45) is 1.000. The van der Waals surface area contributed by atoms with Crippen LogP contribution in [0.25, 0.3) is 0 Å². The summed E-state index contributed by atoms with van der Waals surface area (Å²) in [5.74, 6) is -0.351. The minimum absolute atomic E-state index is 0.0478. The summed E-state index contributed by atoms with van der Waals surface area (Å²) in [7, 11) is 0. The molecule has 1 aromatic rings. The Hall–Kier alpha value is -1.78. The molecule has 0 saturated heterocycles. The van der Waals surface area contributed by atoms with Crippen molar-refractivity contribution in [2.24, 2.45) is 5.92 Å². The van der Waals surface area contributed by atoms with E-state index in [1.807, 2.05) is 6.92 Å². The molecule has 1 aliphatic rings. The molecule has 5 heteroatoms. The van der Waals surface area contributed by atoms with Crippen LogP contribution < -0.4 is 5.32 Å². The maximum atomic E-state index is 11.8. The van der Waals surface area contributed by atoms with Crippen molar-refractivity contribution in [1.82, 2.24) is 5.32 Å². The fourth-order valence-electron chi connectivity index (χ4n) is 2.06. The third-order valence-corrected chi connectivity index (χ3v) is 3.07. The second-order valence-electron chi connectivity index (χ2n) is 4.55. The van der Waals surface area contributed by atoms with Crippen molar-refractivity contribution in [2.75, 3.05) is 0 Å². The van der Waals surface area contributed by atoms with Crippen LogP contribution in [0, 0.1) is 19.8 Å². The third-order valence-electron chi connectivity index (χ3n) is 3.07. The number of aryl methyl sites for hydroxylation is 2. The van der Waals surface area contributed by atoms with E-state index in [2.05, 4.69) is 5.32 Å². The normalized spacial score (nSPS) is 22.9. The summed E-state index contributed by atoms with van der Waals surface area (Å²) in [6.45, 7) is 3.60. The van der Waals surface area contributed by atoms with Crippen LogP contribution in [0.15, 0.2) is 10.5 Å². The zero-order valence-corrected chi connectivity index (χ0v) is 9.82. The zero-order valence-electron chi connectivity index (χ0n) is 9.82. The minimum Gasteiger partial charge on any atom is -0.481 e. The van der Waals surface area contributed by atoms with Crippen LogP contribution in [0.4, 0.5) is 0 Å². The highest BCUT2D eigenvalue weighted by atomic mass is 16.4. The molecule has 92 valence electrons. The molecule has 0 atom stereocenters. The second kappa shape index (κ2) is 4.24. The topological polar surface area (TPSA) is 79.5 Å². The molecule has 2 rings (SSSR count). The Balaban J connectivity index is 1.91. The first kappa shape index (κ1) is 11.7. The van der Waals surface area contributed by atoms with Crippen molar-refractivity contribution in [3.8, 4) is 0 Å². The van der Waals surface area contributed by atoms with Crippen LogP contribution in [0.3, 0.4) is 0 Å². The number of hydrogen-bond acceptors (Lipinski definition) is 3. The molecule has 0 aliphatic heterocycles. The van der Waals surface area contributed by atoms with Gasteiger partial charge < -0.3 is 14.8 Å². The van der Waals surface area contributed by atoms with Crippen LogP contribution in [-0.4, -0.2) is 23.0 Å². The van der Waals surface area contributed by atoms with Gasteiger partial charge in [0.25, 0.3) is 5.91 Å². The highest BCUT2D eigenvalue weighted by Crippen LogP contribution is 2.28. The van der Waals surface area contributed by atoms with Crippen molar-refractivity contribution in [3.05, 3.63) is 23.2 Å². The van der Waals surface area contributed by atoms with E-state index in [0.29, 0.717) is 24.4 Å². The molecule has 1 heterocycles. The number of rotatable bonds is 3. The van der Waals surface area contributed by atoms with Gasteiger partial charge in [-0.2, -0.15) is 0 Å². The fourth-order valence-corrected chi connectivity index (χ4v) is 2.06.